The number of hydrogen-bond acceptors (Lipinski definition) is 7. The predicted molar refractivity (Wildman–Crippen MR) is 81.1 cm³/mol. The highest BCUT2D eigenvalue weighted by Gasteiger charge is 2.35. The van der Waals surface area contributed by atoms with E-state index in [1.807, 2.05) is 0 Å². The zero-order valence-corrected chi connectivity index (χ0v) is 13.2. The Morgan fingerprint density at radius 2 is 2.08 bits per heavy atom. The molecule has 1 saturated heterocycles. The fourth-order valence-electron chi connectivity index (χ4n) is 2.89. The highest BCUT2D eigenvalue weighted by molar-refractivity contribution is 5.98. The van der Waals surface area contributed by atoms with Gasteiger partial charge in [0.2, 0.25) is 11.8 Å². The highest BCUT2D eigenvalue weighted by atomic mass is 16.6. The van der Waals surface area contributed by atoms with Crippen molar-refractivity contribution < 1.29 is 23.4 Å². The maximum atomic E-state index is 13.1. The number of carbonyl (C=O) groups excluding carboxylic acids is 1. The molecule has 4 rings (SSSR count). The summed E-state index contributed by atoms with van der Waals surface area (Å²) in [6.07, 6.45) is 0. The lowest BCUT2D eigenvalue weighted by molar-refractivity contribution is -0.0109. The first-order valence-corrected chi connectivity index (χ1v) is 7.81. The van der Waals surface area contributed by atoms with Gasteiger partial charge in [-0.25, -0.2) is 0 Å². The molecule has 0 radical (unpaired) electrons. The van der Waals surface area contributed by atoms with Gasteiger partial charge in [-0.05, 0) is 12.1 Å². The van der Waals surface area contributed by atoms with Crippen LogP contribution in [0, 0.1) is 6.92 Å². The Kier molecular flexibility index (Phi) is 3.81. The van der Waals surface area contributed by atoms with E-state index < -0.39 is 6.04 Å². The molecule has 1 amide bonds. The summed E-state index contributed by atoms with van der Waals surface area (Å²) in [4.78, 5) is 14.8. The summed E-state index contributed by atoms with van der Waals surface area (Å²) >= 11 is 0. The second-order valence-electron chi connectivity index (χ2n) is 5.58. The molecule has 0 spiro atoms. The van der Waals surface area contributed by atoms with Crippen molar-refractivity contribution in [2.45, 2.75) is 13.0 Å². The second-order valence-corrected chi connectivity index (χ2v) is 5.58. The van der Waals surface area contributed by atoms with Crippen molar-refractivity contribution in [2.75, 3.05) is 33.0 Å². The van der Waals surface area contributed by atoms with E-state index in [9.17, 15) is 4.79 Å². The van der Waals surface area contributed by atoms with Crippen molar-refractivity contribution in [1.29, 1.82) is 0 Å². The Labute approximate surface area is 138 Å². The van der Waals surface area contributed by atoms with Crippen LogP contribution in [0.4, 0.5) is 0 Å². The van der Waals surface area contributed by atoms with Crippen molar-refractivity contribution >= 4 is 5.91 Å². The summed E-state index contributed by atoms with van der Waals surface area (Å²) in [6, 6.07) is 4.91. The minimum absolute atomic E-state index is 0.165. The van der Waals surface area contributed by atoms with Gasteiger partial charge in [-0.15, -0.1) is 10.2 Å². The minimum Gasteiger partial charge on any atom is -0.486 e. The molecule has 126 valence electrons. The van der Waals surface area contributed by atoms with Crippen LogP contribution >= 0.6 is 0 Å². The van der Waals surface area contributed by atoms with Gasteiger partial charge in [0.05, 0.1) is 18.8 Å². The number of amides is 1. The number of rotatable bonds is 2. The molecular formula is C16H17N3O5. The fourth-order valence-corrected chi connectivity index (χ4v) is 2.89. The molecule has 0 bridgehead atoms. The average Bonchev–Trinajstić information content (AvgIpc) is 3.07. The molecule has 2 aliphatic rings. The molecule has 0 saturated carbocycles. The molecule has 2 aromatic rings. The van der Waals surface area contributed by atoms with Gasteiger partial charge >= 0.3 is 0 Å². The van der Waals surface area contributed by atoms with Gasteiger partial charge in [0.15, 0.2) is 11.5 Å². The van der Waals surface area contributed by atoms with Crippen molar-refractivity contribution in [3.05, 3.63) is 35.5 Å². The Balaban J connectivity index is 1.67. The first-order valence-electron chi connectivity index (χ1n) is 7.81. The van der Waals surface area contributed by atoms with Crippen molar-refractivity contribution in [2.24, 2.45) is 0 Å². The lowest BCUT2D eigenvalue weighted by Gasteiger charge is -2.34. The number of benzene rings is 1. The summed E-state index contributed by atoms with van der Waals surface area (Å²) in [5.74, 6) is 1.74. The second kappa shape index (κ2) is 6.12. The summed E-state index contributed by atoms with van der Waals surface area (Å²) in [5.41, 5.74) is 0.468. The first-order chi connectivity index (χ1) is 11.7. The van der Waals surface area contributed by atoms with Gasteiger partial charge in [-0.1, -0.05) is 6.07 Å². The Bertz CT molecular complexity index is 760. The molecule has 8 nitrogen and oxygen atoms in total. The molecule has 24 heavy (non-hydrogen) atoms. The Morgan fingerprint density at radius 3 is 2.92 bits per heavy atom. The number of ether oxygens (including phenoxy) is 3. The first kappa shape index (κ1) is 14.9. The molecule has 2 aliphatic heterocycles. The standard InChI is InChI=1S/C16H17N3O5/c1-10-17-18-15(24-10)12-9-21-6-5-19(12)16(20)11-3-2-4-13-14(11)23-8-7-22-13/h2-4,12H,5-9H2,1H3/t12-/m0/s1. The van der Waals surface area contributed by atoms with Gasteiger partial charge in [0.25, 0.3) is 5.91 Å². The van der Waals surface area contributed by atoms with Crippen LogP contribution in [0.5, 0.6) is 11.5 Å². The number of aryl methyl sites for hydroxylation is 1. The summed E-state index contributed by atoms with van der Waals surface area (Å²) in [7, 11) is 0. The lowest BCUT2D eigenvalue weighted by Crippen LogP contribution is -2.43. The number of aromatic nitrogens is 2. The molecule has 1 fully saturated rings. The van der Waals surface area contributed by atoms with Gasteiger partial charge in [-0.2, -0.15) is 0 Å². The van der Waals surface area contributed by atoms with Crippen LogP contribution in [0.1, 0.15) is 28.2 Å². The van der Waals surface area contributed by atoms with E-state index in [1.165, 1.54) is 0 Å². The molecule has 8 heteroatoms. The third-order valence-corrected chi connectivity index (χ3v) is 4.01. The van der Waals surface area contributed by atoms with E-state index >= 15 is 0 Å². The maximum Gasteiger partial charge on any atom is 0.258 e. The number of morpholine rings is 1. The number of hydrogen-bond donors (Lipinski definition) is 0. The van der Waals surface area contributed by atoms with Crippen molar-refractivity contribution in [3.8, 4) is 11.5 Å². The number of para-hydroxylation sites is 1. The van der Waals surface area contributed by atoms with E-state index in [2.05, 4.69) is 10.2 Å². The van der Waals surface area contributed by atoms with Gasteiger partial charge in [0, 0.05) is 13.5 Å². The lowest BCUT2D eigenvalue weighted by atomic mass is 10.1. The maximum absolute atomic E-state index is 13.1. The predicted octanol–water partition coefficient (Wildman–Crippen LogP) is 1.36. The van der Waals surface area contributed by atoms with Crippen LogP contribution in [0.25, 0.3) is 0 Å². The van der Waals surface area contributed by atoms with Crippen LogP contribution in [0.2, 0.25) is 0 Å². The Hall–Kier alpha value is -2.61. The quantitative estimate of drug-likeness (QED) is 0.821. The number of carbonyl (C=O) groups is 1. The summed E-state index contributed by atoms with van der Waals surface area (Å²) in [5, 5.41) is 7.88. The zero-order valence-electron chi connectivity index (χ0n) is 13.2. The zero-order chi connectivity index (χ0) is 16.5. The molecule has 1 aromatic heterocycles. The molecular weight excluding hydrogens is 314 g/mol. The average molecular weight is 331 g/mol. The fraction of sp³-hybridized carbons (Fsp3) is 0.438. The minimum atomic E-state index is -0.409. The topological polar surface area (TPSA) is 86.9 Å². The largest absolute Gasteiger partial charge is 0.486 e. The van der Waals surface area contributed by atoms with Crippen LogP contribution in [-0.2, 0) is 4.74 Å². The molecule has 0 aliphatic carbocycles. The smallest absolute Gasteiger partial charge is 0.258 e. The molecule has 0 N–H and O–H groups in total. The molecule has 3 heterocycles. The van der Waals surface area contributed by atoms with Crippen LogP contribution < -0.4 is 9.47 Å². The van der Waals surface area contributed by atoms with Gasteiger partial charge in [-0.3, -0.25) is 4.79 Å². The molecule has 1 aromatic carbocycles. The number of nitrogens with zero attached hydrogens (tertiary/aromatic N) is 3. The summed E-state index contributed by atoms with van der Waals surface area (Å²) < 4.78 is 22.2. The SMILES string of the molecule is Cc1nnc([C@@H]2COCCN2C(=O)c2cccc3c2OCCO3)o1. The van der Waals surface area contributed by atoms with Crippen LogP contribution in [0.15, 0.2) is 22.6 Å². The highest BCUT2D eigenvalue weighted by Crippen LogP contribution is 2.36. The van der Waals surface area contributed by atoms with Crippen molar-refractivity contribution in [3.63, 3.8) is 0 Å². The summed E-state index contributed by atoms with van der Waals surface area (Å²) in [6.45, 7) is 3.83. The van der Waals surface area contributed by atoms with E-state index in [0.717, 1.165) is 0 Å². The molecule has 0 unspecified atom stereocenters. The monoisotopic (exact) mass is 331 g/mol. The van der Waals surface area contributed by atoms with Crippen LogP contribution in [-0.4, -0.2) is 54.0 Å². The van der Waals surface area contributed by atoms with Crippen LogP contribution in [0.3, 0.4) is 0 Å². The van der Waals surface area contributed by atoms with Crippen molar-refractivity contribution in [1.82, 2.24) is 15.1 Å². The third-order valence-electron chi connectivity index (χ3n) is 4.01. The molecule has 1 atom stereocenters. The Morgan fingerprint density at radius 1 is 1.21 bits per heavy atom. The van der Waals surface area contributed by atoms with Gasteiger partial charge < -0.3 is 23.5 Å². The van der Waals surface area contributed by atoms with E-state index in [0.29, 0.717) is 61.8 Å². The van der Waals surface area contributed by atoms with Gasteiger partial charge in [0.1, 0.15) is 19.3 Å². The number of fused-ring (bicyclic) bond motifs is 1. The normalized spacial score (nSPS) is 20.0. The van der Waals surface area contributed by atoms with E-state index in [4.69, 9.17) is 18.6 Å². The van der Waals surface area contributed by atoms with E-state index in [1.54, 1.807) is 30.0 Å². The van der Waals surface area contributed by atoms with E-state index in [-0.39, 0.29) is 5.91 Å². The third kappa shape index (κ3) is 2.58.